The molecule has 1 aromatic carbocycles. The number of aryl methyl sites for hydroxylation is 2. The molecule has 4 rings (SSSR count). The van der Waals surface area contributed by atoms with Gasteiger partial charge in [-0.15, -0.1) is 0 Å². The van der Waals surface area contributed by atoms with E-state index in [1.807, 2.05) is 26.0 Å². The van der Waals surface area contributed by atoms with Gasteiger partial charge >= 0.3 is 5.97 Å². The normalized spacial score (nSPS) is 34.9. The number of anilines is 1. The van der Waals surface area contributed by atoms with Crippen LogP contribution in [0.2, 0.25) is 0 Å². The number of ether oxygens (including phenoxy) is 1. The van der Waals surface area contributed by atoms with Crippen LogP contribution in [-0.4, -0.2) is 18.0 Å². The second-order valence-electron chi connectivity index (χ2n) is 6.84. The number of benzene rings is 1. The molecule has 5 heteroatoms. The Morgan fingerprint density at radius 1 is 1.27 bits per heavy atom. The number of carbonyl (C=O) groups excluding carboxylic acids is 2. The van der Waals surface area contributed by atoms with Crippen molar-refractivity contribution in [3.63, 3.8) is 0 Å². The quantitative estimate of drug-likeness (QED) is 0.820. The zero-order valence-corrected chi connectivity index (χ0v) is 14.1. The van der Waals surface area contributed by atoms with Crippen molar-refractivity contribution < 1.29 is 14.3 Å². The zero-order valence-electron chi connectivity index (χ0n) is 12.6. The summed E-state index contributed by atoms with van der Waals surface area (Å²) in [4.78, 5) is 24.7. The lowest BCUT2D eigenvalue weighted by Crippen LogP contribution is -2.35. The molecule has 0 aromatic heterocycles. The van der Waals surface area contributed by atoms with Crippen molar-refractivity contribution in [1.82, 2.24) is 0 Å². The minimum absolute atomic E-state index is 0.0316. The lowest BCUT2D eigenvalue weighted by Gasteiger charge is -2.23. The summed E-state index contributed by atoms with van der Waals surface area (Å²) in [5, 5.41) is 3.01. The molecule has 1 saturated heterocycles. The molecule has 1 aromatic rings. The van der Waals surface area contributed by atoms with Gasteiger partial charge in [0.1, 0.15) is 6.10 Å². The van der Waals surface area contributed by atoms with E-state index < -0.39 is 0 Å². The highest BCUT2D eigenvalue weighted by molar-refractivity contribution is 9.10. The first-order valence-electron chi connectivity index (χ1n) is 7.74. The van der Waals surface area contributed by atoms with Crippen LogP contribution >= 0.6 is 15.9 Å². The van der Waals surface area contributed by atoms with E-state index in [0.29, 0.717) is 5.92 Å². The van der Waals surface area contributed by atoms with E-state index in [9.17, 15) is 9.59 Å². The molecule has 2 aliphatic carbocycles. The van der Waals surface area contributed by atoms with Crippen molar-refractivity contribution in [2.75, 3.05) is 5.32 Å². The van der Waals surface area contributed by atoms with Gasteiger partial charge in [-0.2, -0.15) is 0 Å². The SMILES string of the molecule is Cc1cc(NC(=O)[C@H]2[C@@H]3C[C@H]4[C@@H]2C(=O)O[C@@H]4C3)cc(C)c1Br. The molecule has 1 N–H and O–H groups in total. The molecule has 1 amide bonds. The molecule has 22 heavy (non-hydrogen) atoms. The van der Waals surface area contributed by atoms with E-state index >= 15 is 0 Å². The molecule has 2 bridgehead atoms. The summed E-state index contributed by atoms with van der Waals surface area (Å²) in [5.41, 5.74) is 2.97. The summed E-state index contributed by atoms with van der Waals surface area (Å²) in [5.74, 6) is -0.0816. The molecule has 116 valence electrons. The lowest BCUT2D eigenvalue weighted by atomic mass is 9.79. The molecule has 0 radical (unpaired) electrons. The summed E-state index contributed by atoms with van der Waals surface area (Å²) < 4.78 is 6.46. The van der Waals surface area contributed by atoms with Gasteiger partial charge in [0.15, 0.2) is 0 Å². The third-order valence-electron chi connectivity index (χ3n) is 5.49. The van der Waals surface area contributed by atoms with E-state index in [-0.39, 0.29) is 35.7 Å². The van der Waals surface area contributed by atoms with E-state index in [1.165, 1.54) is 0 Å². The third kappa shape index (κ3) is 1.94. The highest BCUT2D eigenvalue weighted by Gasteiger charge is 2.63. The van der Waals surface area contributed by atoms with Crippen LogP contribution in [-0.2, 0) is 14.3 Å². The standard InChI is InChI=1S/C17H18BrNO3/c1-7-3-10(4-8(2)15(7)18)19-16(20)13-9-5-11-12(6-9)22-17(21)14(11)13/h3-4,9,11-14H,5-6H2,1-2H3,(H,19,20)/t9-,11-,12-,13+,14+/m1/s1. The largest absolute Gasteiger partial charge is 0.462 e. The van der Waals surface area contributed by atoms with Crippen LogP contribution in [0.15, 0.2) is 16.6 Å². The molecule has 4 nitrogen and oxygen atoms in total. The number of halogens is 1. The summed E-state index contributed by atoms with van der Waals surface area (Å²) in [6.07, 6.45) is 1.88. The maximum absolute atomic E-state index is 12.7. The summed E-state index contributed by atoms with van der Waals surface area (Å²) in [7, 11) is 0. The van der Waals surface area contributed by atoms with Gasteiger partial charge in [-0.3, -0.25) is 9.59 Å². The first-order valence-corrected chi connectivity index (χ1v) is 8.53. The Bertz CT molecular complexity index is 661. The molecule has 3 aliphatic rings. The monoisotopic (exact) mass is 363 g/mol. The first kappa shape index (κ1) is 14.2. The van der Waals surface area contributed by atoms with Crippen LogP contribution in [0, 0.1) is 37.5 Å². The fraction of sp³-hybridized carbons (Fsp3) is 0.529. The second-order valence-corrected chi connectivity index (χ2v) is 7.63. The van der Waals surface area contributed by atoms with Gasteiger partial charge in [0, 0.05) is 16.1 Å². The van der Waals surface area contributed by atoms with Crippen LogP contribution < -0.4 is 5.32 Å². The van der Waals surface area contributed by atoms with E-state index in [0.717, 1.165) is 34.1 Å². The lowest BCUT2D eigenvalue weighted by molar-refractivity contribution is -0.145. The minimum atomic E-state index is -0.222. The van der Waals surface area contributed by atoms with Gasteiger partial charge < -0.3 is 10.1 Å². The van der Waals surface area contributed by atoms with E-state index in [2.05, 4.69) is 21.2 Å². The van der Waals surface area contributed by atoms with Crippen LogP contribution in [0.3, 0.4) is 0 Å². The van der Waals surface area contributed by atoms with Crippen molar-refractivity contribution in [1.29, 1.82) is 0 Å². The van der Waals surface area contributed by atoms with Crippen LogP contribution in [0.4, 0.5) is 5.69 Å². The predicted octanol–water partition coefficient (Wildman–Crippen LogP) is 3.20. The van der Waals surface area contributed by atoms with Crippen molar-refractivity contribution in [2.24, 2.45) is 23.7 Å². The molecule has 2 saturated carbocycles. The van der Waals surface area contributed by atoms with Gasteiger partial charge in [0.25, 0.3) is 0 Å². The smallest absolute Gasteiger partial charge is 0.310 e. The molecule has 3 fully saturated rings. The average molecular weight is 364 g/mol. The number of hydrogen-bond acceptors (Lipinski definition) is 3. The molecule has 0 unspecified atom stereocenters. The van der Waals surface area contributed by atoms with Crippen molar-refractivity contribution in [2.45, 2.75) is 32.8 Å². The number of carbonyl (C=O) groups is 2. The molecule has 0 spiro atoms. The van der Waals surface area contributed by atoms with E-state index in [1.54, 1.807) is 0 Å². The van der Waals surface area contributed by atoms with Gasteiger partial charge in [-0.1, -0.05) is 15.9 Å². The molecular formula is C17H18BrNO3. The van der Waals surface area contributed by atoms with Crippen LogP contribution in [0.25, 0.3) is 0 Å². The van der Waals surface area contributed by atoms with Crippen LogP contribution in [0.1, 0.15) is 24.0 Å². The second kappa shape index (κ2) is 4.82. The summed E-state index contributed by atoms with van der Waals surface area (Å²) in [6.45, 7) is 4.01. The Morgan fingerprint density at radius 3 is 2.64 bits per heavy atom. The fourth-order valence-electron chi connectivity index (χ4n) is 4.61. The Hall–Kier alpha value is -1.36. The molecular weight excluding hydrogens is 346 g/mol. The Kier molecular flexibility index (Phi) is 3.12. The Morgan fingerprint density at radius 2 is 1.95 bits per heavy atom. The Balaban J connectivity index is 1.57. The highest BCUT2D eigenvalue weighted by Crippen LogP contribution is 2.57. The number of rotatable bonds is 2. The summed E-state index contributed by atoms with van der Waals surface area (Å²) >= 11 is 3.53. The topological polar surface area (TPSA) is 55.4 Å². The van der Waals surface area contributed by atoms with Crippen molar-refractivity contribution >= 4 is 33.5 Å². The fourth-order valence-corrected chi connectivity index (χ4v) is 4.84. The number of amides is 1. The third-order valence-corrected chi connectivity index (χ3v) is 6.74. The van der Waals surface area contributed by atoms with Gasteiger partial charge in [-0.05, 0) is 55.9 Å². The molecule has 5 atom stereocenters. The minimum Gasteiger partial charge on any atom is -0.462 e. The maximum atomic E-state index is 12.7. The zero-order chi connectivity index (χ0) is 15.6. The number of nitrogens with one attached hydrogen (secondary N) is 1. The first-order chi connectivity index (χ1) is 10.5. The predicted molar refractivity (Wildman–Crippen MR) is 85.3 cm³/mol. The number of esters is 1. The van der Waals surface area contributed by atoms with Gasteiger partial charge in [-0.25, -0.2) is 0 Å². The average Bonchev–Trinajstić information content (AvgIpc) is 3.05. The number of fused-ring (bicyclic) bond motifs is 1. The van der Waals surface area contributed by atoms with E-state index in [4.69, 9.17) is 4.74 Å². The van der Waals surface area contributed by atoms with Crippen molar-refractivity contribution in [3.8, 4) is 0 Å². The molecule has 1 heterocycles. The summed E-state index contributed by atoms with van der Waals surface area (Å²) in [6, 6.07) is 3.91. The van der Waals surface area contributed by atoms with Gasteiger partial charge in [0.2, 0.25) is 5.91 Å². The highest BCUT2D eigenvalue weighted by atomic mass is 79.9. The maximum Gasteiger partial charge on any atom is 0.310 e. The number of hydrogen-bond donors (Lipinski definition) is 1. The molecule has 1 aliphatic heterocycles. The Labute approximate surface area is 137 Å². The van der Waals surface area contributed by atoms with Crippen molar-refractivity contribution in [3.05, 3.63) is 27.7 Å². The van der Waals surface area contributed by atoms with Gasteiger partial charge in [0.05, 0.1) is 11.8 Å². The van der Waals surface area contributed by atoms with Crippen LogP contribution in [0.5, 0.6) is 0 Å².